The van der Waals surface area contributed by atoms with E-state index in [-0.39, 0.29) is 0 Å². The first-order chi connectivity index (χ1) is 7.27. The second-order valence-corrected chi connectivity index (χ2v) is 4.26. The van der Waals surface area contributed by atoms with E-state index >= 15 is 0 Å². The summed E-state index contributed by atoms with van der Waals surface area (Å²) < 4.78 is 0. The van der Waals surface area contributed by atoms with Gasteiger partial charge in [-0.05, 0) is 17.9 Å². The highest BCUT2D eigenvalue weighted by molar-refractivity contribution is 5.78. The van der Waals surface area contributed by atoms with Gasteiger partial charge in [-0.15, -0.1) is 0 Å². The van der Waals surface area contributed by atoms with E-state index in [1.165, 1.54) is 5.56 Å². The second kappa shape index (κ2) is 4.47. The molecule has 15 heavy (non-hydrogen) atoms. The van der Waals surface area contributed by atoms with E-state index in [1.54, 1.807) is 0 Å². The van der Waals surface area contributed by atoms with Gasteiger partial charge in [-0.3, -0.25) is 4.79 Å². The number of benzene rings is 1. The van der Waals surface area contributed by atoms with Gasteiger partial charge in [-0.25, -0.2) is 0 Å². The topological polar surface area (TPSA) is 20.3 Å². The fourth-order valence-electron chi connectivity index (χ4n) is 2.11. The van der Waals surface area contributed by atoms with E-state index in [0.29, 0.717) is 11.8 Å². The van der Waals surface area contributed by atoms with Crippen LogP contribution in [-0.2, 0) is 4.79 Å². The van der Waals surface area contributed by atoms with Crippen LogP contribution < -0.4 is 0 Å². The average molecular weight is 203 g/mol. The lowest BCUT2D eigenvalue weighted by molar-refractivity contribution is -0.127. The monoisotopic (exact) mass is 203 g/mol. The predicted molar refractivity (Wildman–Crippen MR) is 60.7 cm³/mol. The van der Waals surface area contributed by atoms with Gasteiger partial charge >= 0.3 is 0 Å². The Morgan fingerprint density at radius 1 is 1.33 bits per heavy atom. The van der Waals surface area contributed by atoms with Crippen LogP contribution in [0.1, 0.15) is 31.2 Å². The molecule has 0 N–H and O–H groups in total. The van der Waals surface area contributed by atoms with E-state index in [1.807, 2.05) is 11.0 Å². The summed E-state index contributed by atoms with van der Waals surface area (Å²) in [6.07, 6.45) is 1.77. The fourth-order valence-corrected chi connectivity index (χ4v) is 2.11. The molecule has 1 aromatic rings. The predicted octanol–water partition coefficient (Wildman–Crippen LogP) is 2.41. The first-order valence-corrected chi connectivity index (χ1v) is 5.60. The molecule has 80 valence electrons. The van der Waals surface area contributed by atoms with Gasteiger partial charge in [-0.1, -0.05) is 37.3 Å². The highest BCUT2D eigenvalue weighted by atomic mass is 16.2. The third-order valence-corrected chi connectivity index (χ3v) is 3.03. The van der Waals surface area contributed by atoms with Gasteiger partial charge in [0.15, 0.2) is 0 Å². The number of rotatable bonds is 3. The Kier molecular flexibility index (Phi) is 3.05. The van der Waals surface area contributed by atoms with Crippen molar-refractivity contribution >= 4 is 5.91 Å². The van der Waals surface area contributed by atoms with Crippen LogP contribution in [0.2, 0.25) is 0 Å². The lowest BCUT2D eigenvalue weighted by Crippen LogP contribution is -2.28. The van der Waals surface area contributed by atoms with Gasteiger partial charge in [0.1, 0.15) is 0 Å². The van der Waals surface area contributed by atoms with Crippen molar-refractivity contribution in [3.63, 3.8) is 0 Å². The Morgan fingerprint density at radius 2 is 2.07 bits per heavy atom. The minimum absolute atomic E-state index is 0.317. The molecule has 1 heterocycles. The zero-order valence-electron chi connectivity index (χ0n) is 9.15. The molecule has 1 unspecified atom stereocenters. The van der Waals surface area contributed by atoms with Crippen LogP contribution in [0.3, 0.4) is 0 Å². The summed E-state index contributed by atoms with van der Waals surface area (Å²) in [5, 5.41) is 0. The van der Waals surface area contributed by atoms with Gasteiger partial charge in [0, 0.05) is 19.5 Å². The molecule has 0 spiro atoms. The smallest absolute Gasteiger partial charge is 0.222 e. The highest BCUT2D eigenvalue weighted by Gasteiger charge is 2.21. The molecule has 1 fully saturated rings. The second-order valence-electron chi connectivity index (χ2n) is 4.26. The number of hydrogen-bond donors (Lipinski definition) is 0. The lowest BCUT2D eigenvalue weighted by Gasteiger charge is -2.20. The summed E-state index contributed by atoms with van der Waals surface area (Å²) in [4.78, 5) is 13.5. The molecule has 0 bridgehead atoms. The standard InChI is InChI=1S/C13H17NO/c1-11(12-6-3-2-4-7-12)10-14-9-5-8-13(14)15/h2-4,6-7,11H,5,8-10H2,1H3. The van der Waals surface area contributed by atoms with Crippen molar-refractivity contribution in [1.29, 1.82) is 0 Å². The molecule has 2 nitrogen and oxygen atoms in total. The highest BCUT2D eigenvalue weighted by Crippen LogP contribution is 2.19. The van der Waals surface area contributed by atoms with E-state index in [2.05, 4.69) is 31.2 Å². The van der Waals surface area contributed by atoms with E-state index in [9.17, 15) is 4.79 Å². The Hall–Kier alpha value is -1.31. The zero-order valence-corrected chi connectivity index (χ0v) is 9.15. The van der Waals surface area contributed by atoms with E-state index in [4.69, 9.17) is 0 Å². The molecule has 0 saturated carbocycles. The summed E-state index contributed by atoms with van der Waals surface area (Å²) in [6.45, 7) is 3.99. The molecule has 2 heteroatoms. The zero-order chi connectivity index (χ0) is 10.7. The normalized spacial score (nSPS) is 18.2. The minimum Gasteiger partial charge on any atom is -0.342 e. The van der Waals surface area contributed by atoms with Crippen molar-refractivity contribution < 1.29 is 4.79 Å². The Bertz CT molecular complexity index is 334. The molecular formula is C13H17NO. The number of carbonyl (C=O) groups excluding carboxylic acids is 1. The van der Waals surface area contributed by atoms with Crippen LogP contribution in [-0.4, -0.2) is 23.9 Å². The van der Waals surface area contributed by atoms with E-state index < -0.39 is 0 Å². The number of amides is 1. The van der Waals surface area contributed by atoms with Crippen molar-refractivity contribution in [3.8, 4) is 0 Å². The van der Waals surface area contributed by atoms with E-state index in [0.717, 1.165) is 25.9 Å². The van der Waals surface area contributed by atoms with Crippen LogP contribution in [0.4, 0.5) is 0 Å². The van der Waals surface area contributed by atoms with Crippen LogP contribution in [0.15, 0.2) is 30.3 Å². The largest absolute Gasteiger partial charge is 0.342 e. The minimum atomic E-state index is 0.317. The Balaban J connectivity index is 1.98. The number of carbonyl (C=O) groups is 1. The third kappa shape index (κ3) is 2.38. The average Bonchev–Trinajstić information content (AvgIpc) is 2.66. The summed E-state index contributed by atoms with van der Waals surface area (Å²) >= 11 is 0. The molecular weight excluding hydrogens is 186 g/mol. The van der Waals surface area contributed by atoms with Gasteiger partial charge < -0.3 is 4.90 Å². The molecule has 2 rings (SSSR count). The fraction of sp³-hybridized carbons (Fsp3) is 0.462. The van der Waals surface area contributed by atoms with Gasteiger partial charge in [0.25, 0.3) is 0 Å². The van der Waals surface area contributed by atoms with Crippen LogP contribution in [0.5, 0.6) is 0 Å². The molecule has 1 aliphatic heterocycles. The van der Waals surface area contributed by atoms with Gasteiger partial charge in [0.2, 0.25) is 5.91 Å². The molecule has 1 aromatic carbocycles. The SMILES string of the molecule is CC(CN1CCCC1=O)c1ccccc1. The summed E-state index contributed by atoms with van der Waals surface area (Å²) in [5.74, 6) is 0.756. The molecule has 1 amide bonds. The number of likely N-dealkylation sites (tertiary alicyclic amines) is 1. The molecule has 0 aromatic heterocycles. The maximum atomic E-state index is 11.5. The van der Waals surface area contributed by atoms with Crippen LogP contribution in [0, 0.1) is 0 Å². The first-order valence-electron chi connectivity index (χ1n) is 5.60. The van der Waals surface area contributed by atoms with Crippen molar-refractivity contribution in [1.82, 2.24) is 4.90 Å². The van der Waals surface area contributed by atoms with Crippen LogP contribution in [0.25, 0.3) is 0 Å². The molecule has 1 atom stereocenters. The number of hydrogen-bond acceptors (Lipinski definition) is 1. The van der Waals surface area contributed by atoms with Crippen molar-refractivity contribution in [3.05, 3.63) is 35.9 Å². The third-order valence-electron chi connectivity index (χ3n) is 3.03. The summed E-state index contributed by atoms with van der Waals surface area (Å²) in [5.41, 5.74) is 1.32. The molecule has 0 aliphatic carbocycles. The Labute approximate surface area is 90.9 Å². The van der Waals surface area contributed by atoms with Crippen LogP contribution >= 0.6 is 0 Å². The van der Waals surface area contributed by atoms with Gasteiger partial charge in [0.05, 0.1) is 0 Å². The molecule has 1 aliphatic rings. The lowest BCUT2D eigenvalue weighted by atomic mass is 10.0. The maximum absolute atomic E-state index is 11.5. The van der Waals surface area contributed by atoms with Gasteiger partial charge in [-0.2, -0.15) is 0 Å². The van der Waals surface area contributed by atoms with Crippen molar-refractivity contribution in [2.45, 2.75) is 25.7 Å². The molecule has 1 saturated heterocycles. The quantitative estimate of drug-likeness (QED) is 0.738. The Morgan fingerprint density at radius 3 is 2.67 bits per heavy atom. The molecule has 0 radical (unpaired) electrons. The first kappa shape index (κ1) is 10.2. The van der Waals surface area contributed by atoms with Crippen molar-refractivity contribution in [2.24, 2.45) is 0 Å². The number of nitrogens with zero attached hydrogens (tertiary/aromatic N) is 1. The summed E-state index contributed by atoms with van der Waals surface area (Å²) in [6, 6.07) is 10.4. The summed E-state index contributed by atoms with van der Waals surface area (Å²) in [7, 11) is 0. The maximum Gasteiger partial charge on any atom is 0.222 e. The van der Waals surface area contributed by atoms with Crippen molar-refractivity contribution in [2.75, 3.05) is 13.1 Å².